The van der Waals surface area contributed by atoms with E-state index in [0.29, 0.717) is 6.42 Å². The van der Waals surface area contributed by atoms with E-state index in [0.717, 1.165) is 23.4 Å². The Balaban J connectivity index is 2.17. The van der Waals surface area contributed by atoms with Crippen molar-refractivity contribution >= 4 is 11.8 Å². The van der Waals surface area contributed by atoms with Crippen LogP contribution in [0.2, 0.25) is 0 Å². The number of ether oxygens (including phenoxy) is 2. The highest BCUT2D eigenvalue weighted by Crippen LogP contribution is 2.28. The van der Waals surface area contributed by atoms with Gasteiger partial charge in [-0.05, 0) is 50.5 Å². The summed E-state index contributed by atoms with van der Waals surface area (Å²) in [5.41, 5.74) is 2.59. The maximum Gasteiger partial charge on any atom is 0.412 e. The molecule has 0 bridgehead atoms. The third-order valence-electron chi connectivity index (χ3n) is 3.07. The molecule has 0 aliphatic heterocycles. The van der Waals surface area contributed by atoms with Gasteiger partial charge in [-0.1, -0.05) is 12.1 Å². The molecule has 0 heterocycles. The van der Waals surface area contributed by atoms with Crippen LogP contribution in [0.15, 0.2) is 30.0 Å². The van der Waals surface area contributed by atoms with E-state index in [4.69, 9.17) is 9.47 Å². The third-order valence-corrected chi connectivity index (χ3v) is 3.07. The molecule has 1 aliphatic rings. The monoisotopic (exact) mass is 275 g/mol. The molecule has 0 spiro atoms. The van der Waals surface area contributed by atoms with E-state index in [2.05, 4.69) is 17.5 Å². The van der Waals surface area contributed by atoms with Crippen molar-refractivity contribution in [1.29, 1.82) is 0 Å². The zero-order valence-corrected chi connectivity index (χ0v) is 12.4. The highest BCUT2D eigenvalue weighted by Gasteiger charge is 2.19. The largest absolute Gasteiger partial charge is 0.501 e. The molecule has 0 saturated carbocycles. The molecule has 4 heteroatoms. The SMILES string of the molecule is COC1=CCc2cccc(NC(=O)OC(C)(C)C)c2C1. The average molecular weight is 275 g/mol. The number of benzene rings is 1. The summed E-state index contributed by atoms with van der Waals surface area (Å²) in [6, 6.07) is 5.90. The zero-order valence-electron chi connectivity index (χ0n) is 12.4. The van der Waals surface area contributed by atoms with E-state index in [-0.39, 0.29) is 0 Å². The first kappa shape index (κ1) is 14.4. The van der Waals surface area contributed by atoms with Crippen molar-refractivity contribution in [3.63, 3.8) is 0 Å². The number of anilines is 1. The average Bonchev–Trinajstić information content (AvgIpc) is 2.36. The molecule has 0 atom stereocenters. The van der Waals surface area contributed by atoms with Gasteiger partial charge in [0.1, 0.15) is 5.60 Å². The van der Waals surface area contributed by atoms with Gasteiger partial charge in [-0.25, -0.2) is 4.79 Å². The second-order valence-electron chi connectivity index (χ2n) is 5.83. The molecule has 2 rings (SSSR count). The zero-order chi connectivity index (χ0) is 14.8. The molecular weight excluding hydrogens is 254 g/mol. The van der Waals surface area contributed by atoms with Crippen molar-refractivity contribution in [2.75, 3.05) is 12.4 Å². The lowest BCUT2D eigenvalue weighted by Crippen LogP contribution is -2.27. The predicted octanol–water partition coefficient (Wildman–Crippen LogP) is 3.66. The molecule has 1 aromatic carbocycles. The van der Waals surface area contributed by atoms with Crippen LogP contribution in [0.5, 0.6) is 0 Å². The molecule has 1 amide bonds. The number of methoxy groups -OCH3 is 1. The van der Waals surface area contributed by atoms with E-state index in [1.165, 1.54) is 5.56 Å². The summed E-state index contributed by atoms with van der Waals surface area (Å²) in [5.74, 6) is 0.927. The minimum atomic E-state index is -0.503. The van der Waals surface area contributed by atoms with E-state index in [1.807, 2.05) is 32.9 Å². The van der Waals surface area contributed by atoms with E-state index >= 15 is 0 Å². The number of rotatable bonds is 2. The van der Waals surface area contributed by atoms with Crippen molar-refractivity contribution in [2.24, 2.45) is 0 Å². The van der Waals surface area contributed by atoms with E-state index in [1.54, 1.807) is 7.11 Å². The second kappa shape index (κ2) is 5.57. The fourth-order valence-electron chi connectivity index (χ4n) is 2.19. The van der Waals surface area contributed by atoms with Crippen LogP contribution in [-0.2, 0) is 22.3 Å². The smallest absolute Gasteiger partial charge is 0.412 e. The van der Waals surface area contributed by atoms with E-state index < -0.39 is 11.7 Å². The van der Waals surface area contributed by atoms with Gasteiger partial charge in [-0.2, -0.15) is 0 Å². The Labute approximate surface area is 119 Å². The number of hydrogen-bond donors (Lipinski definition) is 1. The van der Waals surface area contributed by atoms with Crippen molar-refractivity contribution in [3.05, 3.63) is 41.2 Å². The maximum absolute atomic E-state index is 11.9. The number of carbonyl (C=O) groups is 1. The summed E-state index contributed by atoms with van der Waals surface area (Å²) >= 11 is 0. The van der Waals surface area contributed by atoms with Gasteiger partial charge >= 0.3 is 6.09 Å². The van der Waals surface area contributed by atoms with Gasteiger partial charge in [-0.3, -0.25) is 5.32 Å². The third kappa shape index (κ3) is 3.53. The van der Waals surface area contributed by atoms with E-state index in [9.17, 15) is 4.79 Å². The maximum atomic E-state index is 11.9. The van der Waals surface area contributed by atoms with Gasteiger partial charge in [0, 0.05) is 12.1 Å². The Morgan fingerprint density at radius 3 is 2.70 bits per heavy atom. The predicted molar refractivity (Wildman–Crippen MR) is 78.8 cm³/mol. The molecule has 0 aromatic heterocycles. The summed E-state index contributed by atoms with van der Waals surface area (Å²) in [4.78, 5) is 11.9. The summed E-state index contributed by atoms with van der Waals surface area (Å²) in [6.07, 6.45) is 3.15. The number of allylic oxidation sites excluding steroid dienone is 2. The van der Waals surface area contributed by atoms with Gasteiger partial charge in [0.05, 0.1) is 12.9 Å². The molecule has 108 valence electrons. The van der Waals surface area contributed by atoms with Gasteiger partial charge in [0.25, 0.3) is 0 Å². The standard InChI is InChI=1S/C16H21NO3/c1-16(2,3)20-15(18)17-14-7-5-6-11-8-9-12(19-4)10-13(11)14/h5-7,9H,8,10H2,1-4H3,(H,17,18). The van der Waals surface area contributed by atoms with Crippen LogP contribution in [0.4, 0.5) is 10.5 Å². The van der Waals surface area contributed by atoms with Crippen LogP contribution in [-0.4, -0.2) is 18.8 Å². The second-order valence-corrected chi connectivity index (χ2v) is 5.83. The first-order chi connectivity index (χ1) is 9.39. The molecule has 0 fully saturated rings. The van der Waals surface area contributed by atoms with Crippen molar-refractivity contribution < 1.29 is 14.3 Å². The fourth-order valence-corrected chi connectivity index (χ4v) is 2.19. The number of carbonyl (C=O) groups excluding carboxylic acids is 1. The van der Waals surface area contributed by atoms with Crippen LogP contribution < -0.4 is 5.32 Å². The lowest BCUT2D eigenvalue weighted by Gasteiger charge is -2.22. The van der Waals surface area contributed by atoms with Crippen LogP contribution in [0.1, 0.15) is 31.9 Å². The van der Waals surface area contributed by atoms with Gasteiger partial charge in [0.15, 0.2) is 0 Å². The quantitative estimate of drug-likeness (QED) is 0.896. The lowest BCUT2D eigenvalue weighted by atomic mass is 9.94. The molecular formula is C16H21NO3. The van der Waals surface area contributed by atoms with Crippen LogP contribution in [0, 0.1) is 0 Å². The topological polar surface area (TPSA) is 47.6 Å². The number of hydrogen-bond acceptors (Lipinski definition) is 3. The van der Waals surface area contributed by atoms with Crippen molar-refractivity contribution in [2.45, 2.75) is 39.2 Å². The Kier molecular flexibility index (Phi) is 4.02. The summed E-state index contributed by atoms with van der Waals surface area (Å²) in [6.45, 7) is 5.54. The minimum Gasteiger partial charge on any atom is -0.501 e. The molecule has 0 radical (unpaired) electrons. The first-order valence-electron chi connectivity index (χ1n) is 6.73. The Bertz CT molecular complexity index is 541. The molecule has 0 saturated heterocycles. The Hall–Kier alpha value is -1.97. The van der Waals surface area contributed by atoms with Crippen molar-refractivity contribution in [1.82, 2.24) is 0 Å². The van der Waals surface area contributed by atoms with Crippen LogP contribution in [0.25, 0.3) is 0 Å². The first-order valence-corrected chi connectivity index (χ1v) is 6.73. The molecule has 1 aromatic rings. The minimum absolute atomic E-state index is 0.431. The van der Waals surface area contributed by atoms with Crippen LogP contribution >= 0.6 is 0 Å². The summed E-state index contributed by atoms with van der Waals surface area (Å²) in [5, 5.41) is 2.83. The number of nitrogens with one attached hydrogen (secondary N) is 1. The Morgan fingerprint density at radius 1 is 1.30 bits per heavy atom. The van der Waals surface area contributed by atoms with Crippen molar-refractivity contribution in [3.8, 4) is 0 Å². The molecule has 1 aliphatic carbocycles. The fraction of sp³-hybridized carbons (Fsp3) is 0.438. The van der Waals surface area contributed by atoms with Gasteiger partial charge in [0.2, 0.25) is 0 Å². The molecule has 0 unspecified atom stereocenters. The van der Waals surface area contributed by atoms with Gasteiger partial charge < -0.3 is 9.47 Å². The lowest BCUT2D eigenvalue weighted by molar-refractivity contribution is 0.0635. The highest BCUT2D eigenvalue weighted by molar-refractivity contribution is 5.86. The summed E-state index contributed by atoms with van der Waals surface area (Å²) in [7, 11) is 1.67. The Morgan fingerprint density at radius 2 is 2.05 bits per heavy atom. The molecule has 20 heavy (non-hydrogen) atoms. The normalized spacial score (nSPS) is 14.1. The highest BCUT2D eigenvalue weighted by atomic mass is 16.6. The number of fused-ring (bicyclic) bond motifs is 1. The molecule has 1 N–H and O–H groups in total. The number of amides is 1. The summed E-state index contributed by atoms with van der Waals surface area (Å²) < 4.78 is 10.6. The van der Waals surface area contributed by atoms with Crippen LogP contribution in [0.3, 0.4) is 0 Å². The van der Waals surface area contributed by atoms with Gasteiger partial charge in [-0.15, -0.1) is 0 Å². The molecule has 4 nitrogen and oxygen atoms in total.